The van der Waals surface area contributed by atoms with Gasteiger partial charge in [-0.15, -0.1) is 11.8 Å². The summed E-state index contributed by atoms with van der Waals surface area (Å²) >= 11 is 1.70. The molecular weight excluding hydrogens is 198 g/mol. The Morgan fingerprint density at radius 3 is 2.86 bits per heavy atom. The molecule has 3 N–H and O–H groups in total. The van der Waals surface area contributed by atoms with Gasteiger partial charge in [-0.3, -0.25) is 0 Å². The predicted octanol–water partition coefficient (Wildman–Crippen LogP) is 1.25. The van der Waals surface area contributed by atoms with E-state index in [1.54, 1.807) is 11.8 Å². The van der Waals surface area contributed by atoms with E-state index in [0.717, 1.165) is 17.3 Å². The maximum atomic E-state index is 5.58. The number of benzene rings is 1. The van der Waals surface area contributed by atoms with Crippen LogP contribution in [0.15, 0.2) is 34.3 Å². The molecule has 74 valence electrons. The third-order valence-corrected chi connectivity index (χ3v) is 2.79. The molecule has 0 fully saturated rings. The zero-order valence-corrected chi connectivity index (χ0v) is 8.38. The molecule has 0 aliphatic carbocycles. The van der Waals surface area contributed by atoms with Crippen LogP contribution in [0.25, 0.3) is 0 Å². The number of thioether (sulfide) groups is 1. The highest BCUT2D eigenvalue weighted by Crippen LogP contribution is 2.19. The van der Waals surface area contributed by atoms with Crippen molar-refractivity contribution in [2.45, 2.75) is 4.90 Å². The first-order valence-corrected chi connectivity index (χ1v) is 5.24. The molecular formula is C9H11N3OS. The Bertz CT molecular complexity index is 336. The molecule has 5 heteroatoms. The van der Waals surface area contributed by atoms with Crippen molar-refractivity contribution in [3.05, 3.63) is 24.3 Å². The van der Waals surface area contributed by atoms with Crippen LogP contribution in [0.2, 0.25) is 0 Å². The second-order valence-electron chi connectivity index (χ2n) is 2.85. The molecule has 0 saturated heterocycles. The van der Waals surface area contributed by atoms with Gasteiger partial charge in [-0.05, 0) is 24.3 Å². The number of amidine groups is 1. The lowest BCUT2D eigenvalue weighted by atomic mass is 10.3. The SMILES string of the molecule is Nc1ccc(SCC2=NOCN2)cc1. The fourth-order valence-corrected chi connectivity index (χ4v) is 1.84. The Hall–Kier alpha value is -1.36. The first kappa shape index (κ1) is 9.21. The molecule has 0 bridgehead atoms. The molecule has 0 amide bonds. The Morgan fingerprint density at radius 1 is 1.43 bits per heavy atom. The van der Waals surface area contributed by atoms with Crippen LogP contribution in [-0.2, 0) is 4.84 Å². The zero-order chi connectivity index (χ0) is 9.80. The third kappa shape index (κ3) is 2.32. The minimum atomic E-state index is 0.484. The van der Waals surface area contributed by atoms with E-state index in [0.29, 0.717) is 6.73 Å². The third-order valence-electron chi connectivity index (χ3n) is 1.77. The normalized spacial score (nSPS) is 14.4. The molecule has 14 heavy (non-hydrogen) atoms. The molecule has 0 radical (unpaired) electrons. The topological polar surface area (TPSA) is 59.6 Å². The second-order valence-corrected chi connectivity index (χ2v) is 3.89. The Morgan fingerprint density at radius 2 is 2.21 bits per heavy atom. The van der Waals surface area contributed by atoms with Crippen molar-refractivity contribution >= 4 is 23.3 Å². The van der Waals surface area contributed by atoms with E-state index in [1.807, 2.05) is 24.3 Å². The van der Waals surface area contributed by atoms with E-state index in [1.165, 1.54) is 4.90 Å². The average molecular weight is 209 g/mol. The van der Waals surface area contributed by atoms with Crippen LogP contribution in [-0.4, -0.2) is 18.3 Å². The van der Waals surface area contributed by atoms with Crippen molar-refractivity contribution in [1.29, 1.82) is 0 Å². The van der Waals surface area contributed by atoms with Gasteiger partial charge in [0.2, 0.25) is 0 Å². The standard InChI is InChI=1S/C9H11N3OS/c10-7-1-3-8(4-2-7)14-5-9-11-6-13-12-9/h1-4H,5-6,10H2,(H,11,12). The van der Waals surface area contributed by atoms with Gasteiger partial charge in [-0.1, -0.05) is 5.16 Å². The largest absolute Gasteiger partial charge is 0.399 e. The van der Waals surface area contributed by atoms with Crippen molar-refractivity contribution in [3.8, 4) is 0 Å². The van der Waals surface area contributed by atoms with Crippen molar-refractivity contribution in [2.24, 2.45) is 5.16 Å². The quantitative estimate of drug-likeness (QED) is 0.581. The second kappa shape index (κ2) is 4.23. The number of hydrogen-bond donors (Lipinski definition) is 2. The summed E-state index contributed by atoms with van der Waals surface area (Å²) in [5.74, 6) is 1.68. The van der Waals surface area contributed by atoms with Gasteiger partial charge in [0.05, 0.1) is 5.75 Å². The lowest BCUT2D eigenvalue weighted by Crippen LogP contribution is -2.20. The van der Waals surface area contributed by atoms with Crippen molar-refractivity contribution in [1.82, 2.24) is 5.32 Å². The van der Waals surface area contributed by atoms with Crippen LogP contribution in [0.5, 0.6) is 0 Å². The van der Waals surface area contributed by atoms with E-state index >= 15 is 0 Å². The van der Waals surface area contributed by atoms with Crippen LogP contribution in [0.3, 0.4) is 0 Å². The van der Waals surface area contributed by atoms with Gasteiger partial charge in [0.1, 0.15) is 0 Å². The first-order chi connectivity index (χ1) is 6.84. The highest BCUT2D eigenvalue weighted by Gasteiger charge is 2.06. The van der Waals surface area contributed by atoms with Crippen LogP contribution < -0.4 is 11.1 Å². The number of nitrogens with zero attached hydrogens (tertiary/aromatic N) is 1. The predicted molar refractivity (Wildman–Crippen MR) is 58.1 cm³/mol. The Labute approximate surface area is 86.5 Å². The van der Waals surface area contributed by atoms with Crippen LogP contribution in [0.1, 0.15) is 0 Å². The van der Waals surface area contributed by atoms with E-state index < -0.39 is 0 Å². The molecule has 0 atom stereocenters. The van der Waals surface area contributed by atoms with Crippen molar-refractivity contribution in [3.63, 3.8) is 0 Å². The number of rotatable bonds is 3. The minimum Gasteiger partial charge on any atom is -0.399 e. The molecule has 0 spiro atoms. The first-order valence-electron chi connectivity index (χ1n) is 4.25. The van der Waals surface area contributed by atoms with Gasteiger partial charge in [0.15, 0.2) is 12.6 Å². The molecule has 0 saturated carbocycles. The van der Waals surface area contributed by atoms with E-state index in [4.69, 9.17) is 10.6 Å². The van der Waals surface area contributed by atoms with Crippen LogP contribution in [0, 0.1) is 0 Å². The number of anilines is 1. The summed E-state index contributed by atoms with van der Waals surface area (Å²) in [6.07, 6.45) is 0. The van der Waals surface area contributed by atoms with E-state index in [2.05, 4.69) is 10.5 Å². The molecule has 1 aromatic rings. The van der Waals surface area contributed by atoms with Crippen LogP contribution in [0.4, 0.5) is 5.69 Å². The molecule has 1 aliphatic rings. The highest BCUT2D eigenvalue weighted by molar-refractivity contribution is 8.00. The van der Waals surface area contributed by atoms with Crippen molar-refractivity contribution in [2.75, 3.05) is 18.2 Å². The molecule has 1 aromatic carbocycles. The van der Waals surface area contributed by atoms with Crippen molar-refractivity contribution < 1.29 is 4.84 Å². The maximum absolute atomic E-state index is 5.58. The van der Waals surface area contributed by atoms with Gasteiger partial charge in [0, 0.05) is 10.6 Å². The Balaban J connectivity index is 1.88. The number of nitrogens with two attached hydrogens (primary N) is 1. The smallest absolute Gasteiger partial charge is 0.188 e. The monoisotopic (exact) mass is 209 g/mol. The highest BCUT2D eigenvalue weighted by atomic mass is 32.2. The Kier molecular flexibility index (Phi) is 2.78. The number of nitrogens with one attached hydrogen (secondary N) is 1. The number of oxime groups is 1. The maximum Gasteiger partial charge on any atom is 0.188 e. The molecule has 0 aromatic heterocycles. The minimum absolute atomic E-state index is 0.484. The summed E-state index contributed by atoms with van der Waals surface area (Å²) in [5, 5.41) is 6.85. The average Bonchev–Trinajstić information content (AvgIpc) is 2.70. The van der Waals surface area contributed by atoms with Gasteiger partial charge in [-0.2, -0.15) is 0 Å². The van der Waals surface area contributed by atoms with E-state index in [-0.39, 0.29) is 0 Å². The lowest BCUT2D eigenvalue weighted by molar-refractivity contribution is 0.164. The van der Waals surface area contributed by atoms with Crippen LogP contribution >= 0.6 is 11.8 Å². The van der Waals surface area contributed by atoms with Gasteiger partial charge < -0.3 is 15.9 Å². The number of hydrogen-bond acceptors (Lipinski definition) is 5. The summed E-state index contributed by atoms with van der Waals surface area (Å²) in [6, 6.07) is 7.78. The molecule has 0 unspecified atom stereocenters. The van der Waals surface area contributed by atoms with Gasteiger partial charge in [0.25, 0.3) is 0 Å². The van der Waals surface area contributed by atoms with Gasteiger partial charge in [-0.25, -0.2) is 0 Å². The number of nitrogen functional groups attached to an aromatic ring is 1. The summed E-state index contributed by atoms with van der Waals surface area (Å²) in [6.45, 7) is 0.484. The molecule has 1 aliphatic heterocycles. The summed E-state index contributed by atoms with van der Waals surface area (Å²) in [5.41, 5.74) is 6.37. The lowest BCUT2D eigenvalue weighted by Gasteiger charge is -2.00. The van der Waals surface area contributed by atoms with Gasteiger partial charge >= 0.3 is 0 Å². The zero-order valence-electron chi connectivity index (χ0n) is 7.56. The summed E-state index contributed by atoms with van der Waals surface area (Å²) in [7, 11) is 0. The van der Waals surface area contributed by atoms with E-state index in [9.17, 15) is 0 Å². The fraction of sp³-hybridized carbons (Fsp3) is 0.222. The molecule has 2 rings (SSSR count). The fourth-order valence-electron chi connectivity index (χ4n) is 1.05. The molecule has 1 heterocycles. The molecule has 4 nitrogen and oxygen atoms in total. The summed E-state index contributed by atoms with van der Waals surface area (Å²) < 4.78 is 0. The summed E-state index contributed by atoms with van der Waals surface area (Å²) in [4.78, 5) is 5.98.